The van der Waals surface area contributed by atoms with Crippen molar-refractivity contribution in [2.24, 2.45) is 0 Å². The van der Waals surface area contributed by atoms with Crippen molar-refractivity contribution in [2.75, 3.05) is 0 Å². The number of hydrogen-bond donors (Lipinski definition) is 0. The second kappa shape index (κ2) is 7.52. The molecule has 0 heterocycles. The van der Waals surface area contributed by atoms with Gasteiger partial charge in [0.2, 0.25) is 0 Å². The van der Waals surface area contributed by atoms with Gasteiger partial charge in [-0.15, -0.1) is 0 Å². The van der Waals surface area contributed by atoms with Gasteiger partial charge in [-0.05, 0) is 57.2 Å². The number of hydrogen-bond acceptors (Lipinski definition) is 0. The highest BCUT2D eigenvalue weighted by atomic mass is 28.3. The zero-order valence-corrected chi connectivity index (χ0v) is 20.0. The smallest absolute Gasteiger partial charge is 0.0733 e. The van der Waals surface area contributed by atoms with E-state index in [1.54, 1.807) is 10.8 Å². The quantitative estimate of drug-likeness (QED) is 0.522. The summed E-state index contributed by atoms with van der Waals surface area (Å²) in [5.74, 6) is 0. The summed E-state index contributed by atoms with van der Waals surface area (Å²) in [6, 6.07) is 16.8. The molecule has 0 aliphatic heterocycles. The van der Waals surface area contributed by atoms with E-state index in [1.807, 2.05) is 0 Å². The van der Waals surface area contributed by atoms with Crippen molar-refractivity contribution in [1.29, 1.82) is 0 Å². The molecule has 2 aromatic rings. The average molecular weight is 389 g/mol. The molecule has 1 aliphatic rings. The van der Waals surface area contributed by atoms with Gasteiger partial charge < -0.3 is 0 Å². The van der Waals surface area contributed by atoms with E-state index in [2.05, 4.69) is 104 Å². The lowest BCUT2D eigenvalue weighted by Gasteiger charge is -2.44. The van der Waals surface area contributed by atoms with Crippen molar-refractivity contribution in [2.45, 2.75) is 72.9 Å². The van der Waals surface area contributed by atoms with Crippen LogP contribution < -0.4 is 10.4 Å². The van der Waals surface area contributed by atoms with E-state index in [-0.39, 0.29) is 5.04 Å². The topological polar surface area (TPSA) is 0 Å². The van der Waals surface area contributed by atoms with Crippen molar-refractivity contribution in [3.63, 3.8) is 0 Å². The highest BCUT2D eigenvalue weighted by Gasteiger charge is 2.51. The fraction of sp³-hybridized carbons (Fsp3) is 0.407. The molecule has 0 fully saturated rings. The van der Waals surface area contributed by atoms with Crippen molar-refractivity contribution in [1.82, 2.24) is 0 Å². The SMILES string of the molecule is CCc1cc(CC)cc([Si](C)(c2ccc(C)cc2)C2(C)C=C(C)C(C)=C2C)c1. The number of rotatable bonds is 5. The Morgan fingerprint density at radius 1 is 0.786 bits per heavy atom. The van der Waals surface area contributed by atoms with Gasteiger partial charge in [0.15, 0.2) is 0 Å². The molecular weight excluding hydrogens is 352 g/mol. The predicted octanol–water partition coefficient (Wildman–Crippen LogP) is 6.37. The molecule has 1 aliphatic carbocycles. The average Bonchev–Trinajstić information content (AvgIpc) is 2.91. The van der Waals surface area contributed by atoms with E-state index in [9.17, 15) is 0 Å². The first-order valence-electron chi connectivity index (χ1n) is 10.8. The van der Waals surface area contributed by atoms with Crippen molar-refractivity contribution < 1.29 is 0 Å². The van der Waals surface area contributed by atoms with E-state index >= 15 is 0 Å². The van der Waals surface area contributed by atoms with E-state index in [0.29, 0.717) is 0 Å². The Morgan fingerprint density at radius 2 is 1.32 bits per heavy atom. The highest BCUT2D eigenvalue weighted by Crippen LogP contribution is 2.52. The summed E-state index contributed by atoms with van der Waals surface area (Å²) >= 11 is 0. The maximum atomic E-state index is 2.60. The highest BCUT2D eigenvalue weighted by molar-refractivity contribution is 7.04. The Labute approximate surface area is 173 Å². The molecule has 0 nitrogen and oxygen atoms in total. The second-order valence-corrected chi connectivity index (χ2v) is 13.5. The first kappa shape index (κ1) is 20.9. The van der Waals surface area contributed by atoms with Crippen molar-refractivity contribution in [3.05, 3.63) is 82.0 Å². The van der Waals surface area contributed by atoms with Crippen molar-refractivity contribution in [3.8, 4) is 0 Å². The monoisotopic (exact) mass is 388 g/mol. The zero-order chi connectivity index (χ0) is 20.7. The summed E-state index contributed by atoms with van der Waals surface area (Å²) in [5.41, 5.74) is 8.77. The first-order valence-corrected chi connectivity index (χ1v) is 13.3. The molecule has 1 heteroatoms. The van der Waals surface area contributed by atoms with Gasteiger partial charge in [0.05, 0.1) is 0 Å². The van der Waals surface area contributed by atoms with Crippen LogP contribution in [0.25, 0.3) is 0 Å². The van der Waals surface area contributed by atoms with Crippen LogP contribution in [0, 0.1) is 6.92 Å². The van der Waals surface area contributed by atoms with Gasteiger partial charge in [-0.25, -0.2) is 0 Å². The molecule has 2 aromatic carbocycles. The van der Waals surface area contributed by atoms with Crippen LogP contribution >= 0.6 is 0 Å². The van der Waals surface area contributed by atoms with E-state index in [0.717, 1.165) is 12.8 Å². The van der Waals surface area contributed by atoms with Crippen LogP contribution in [0.15, 0.2) is 65.3 Å². The van der Waals surface area contributed by atoms with E-state index in [4.69, 9.17) is 0 Å². The van der Waals surface area contributed by atoms with Crippen LogP contribution in [0.1, 0.15) is 58.2 Å². The molecular formula is C27H36Si. The van der Waals surface area contributed by atoms with Crippen molar-refractivity contribution >= 4 is 18.4 Å². The normalized spacial score (nSPS) is 21.6. The molecule has 0 aromatic heterocycles. The van der Waals surface area contributed by atoms with Gasteiger partial charge in [0, 0.05) is 5.04 Å². The Kier molecular flexibility index (Phi) is 5.60. The van der Waals surface area contributed by atoms with Crippen LogP contribution in [0.5, 0.6) is 0 Å². The first-order chi connectivity index (χ1) is 13.2. The second-order valence-electron chi connectivity index (χ2n) is 9.02. The molecule has 0 saturated carbocycles. The van der Waals surface area contributed by atoms with Crippen LogP contribution in [0.3, 0.4) is 0 Å². The Hall–Kier alpha value is -1.86. The van der Waals surface area contributed by atoms with Gasteiger partial charge in [0.25, 0.3) is 0 Å². The fourth-order valence-electron chi connectivity index (χ4n) is 4.97. The third-order valence-corrected chi connectivity index (χ3v) is 13.1. The summed E-state index contributed by atoms with van der Waals surface area (Å²) in [5, 5.41) is 3.20. The number of benzene rings is 2. The molecule has 0 amide bonds. The Balaban J connectivity index is 2.36. The number of aryl methyl sites for hydroxylation is 3. The summed E-state index contributed by atoms with van der Waals surface area (Å²) in [7, 11) is -2.09. The summed E-state index contributed by atoms with van der Waals surface area (Å²) in [4.78, 5) is 0. The lowest BCUT2D eigenvalue weighted by molar-refractivity contribution is 0.864. The minimum Gasteiger partial charge on any atom is -0.0733 e. The van der Waals surface area contributed by atoms with E-state index in [1.165, 1.54) is 33.0 Å². The van der Waals surface area contributed by atoms with Gasteiger partial charge >= 0.3 is 0 Å². The molecule has 3 rings (SSSR count). The van der Waals surface area contributed by atoms with Gasteiger partial charge in [0.1, 0.15) is 8.07 Å². The molecule has 2 atom stereocenters. The molecule has 2 unspecified atom stereocenters. The standard InChI is InChI=1S/C27H36Si/c1-9-23-15-24(10-2)17-26(16-23)28(8,25-13-11-19(3)12-14-25)27(7)18-20(4)21(5)22(27)6/h11-18H,9-10H2,1-8H3. The third kappa shape index (κ3) is 3.14. The van der Waals surface area contributed by atoms with Gasteiger partial charge in [-0.3, -0.25) is 0 Å². The minimum atomic E-state index is -2.09. The maximum absolute atomic E-state index is 2.60. The molecule has 0 bridgehead atoms. The maximum Gasteiger partial charge on any atom is 0.128 e. The third-order valence-electron chi connectivity index (χ3n) is 7.55. The largest absolute Gasteiger partial charge is 0.128 e. The minimum absolute atomic E-state index is 0.0911. The molecule has 0 spiro atoms. The predicted molar refractivity (Wildman–Crippen MR) is 128 cm³/mol. The van der Waals surface area contributed by atoms with Gasteiger partial charge in [-0.2, -0.15) is 0 Å². The Morgan fingerprint density at radius 3 is 1.75 bits per heavy atom. The molecule has 28 heavy (non-hydrogen) atoms. The molecule has 148 valence electrons. The lowest BCUT2D eigenvalue weighted by Crippen LogP contribution is -2.63. The fourth-order valence-corrected chi connectivity index (χ4v) is 9.72. The molecule has 0 N–H and O–H groups in total. The zero-order valence-electron chi connectivity index (χ0n) is 19.0. The van der Waals surface area contributed by atoms with Gasteiger partial charge in [-0.1, -0.05) is 103 Å². The summed E-state index contributed by atoms with van der Waals surface area (Å²) < 4.78 is 0. The molecule has 0 saturated heterocycles. The van der Waals surface area contributed by atoms with Crippen LogP contribution in [0.4, 0.5) is 0 Å². The molecule has 0 radical (unpaired) electrons. The van der Waals surface area contributed by atoms with Crippen LogP contribution in [0.2, 0.25) is 11.6 Å². The lowest BCUT2D eigenvalue weighted by atomic mass is 10.0. The van der Waals surface area contributed by atoms with Crippen LogP contribution in [-0.4, -0.2) is 8.07 Å². The number of allylic oxidation sites excluding steroid dienone is 4. The van der Waals surface area contributed by atoms with Crippen LogP contribution in [-0.2, 0) is 12.8 Å². The summed E-state index contributed by atoms with van der Waals surface area (Å²) in [6.45, 7) is 18.8. The van der Waals surface area contributed by atoms with E-state index < -0.39 is 8.07 Å². The Bertz CT molecular complexity index is 922. The summed E-state index contributed by atoms with van der Waals surface area (Å²) in [6.07, 6.45) is 4.77.